The van der Waals surface area contributed by atoms with E-state index in [-0.39, 0.29) is 0 Å². The summed E-state index contributed by atoms with van der Waals surface area (Å²) in [6.07, 6.45) is -0.763. The molecule has 0 aliphatic rings. The minimum absolute atomic E-state index is 0.645. The van der Waals surface area contributed by atoms with Gasteiger partial charge in [0, 0.05) is 11.6 Å². The lowest BCUT2D eigenvalue weighted by Crippen LogP contribution is -2.01. The van der Waals surface area contributed by atoms with Crippen LogP contribution in [0.15, 0.2) is 28.7 Å². The van der Waals surface area contributed by atoms with Gasteiger partial charge >= 0.3 is 0 Å². The lowest BCUT2D eigenvalue weighted by Gasteiger charge is -2.13. The van der Waals surface area contributed by atoms with Gasteiger partial charge in [0.05, 0.1) is 14.2 Å². The third-order valence-electron chi connectivity index (χ3n) is 3.06. The Bertz CT molecular complexity index is 549. The summed E-state index contributed by atoms with van der Waals surface area (Å²) in [6, 6.07) is 7.18. The molecule has 0 saturated carbocycles. The molecule has 1 unspecified atom stereocenters. The van der Waals surface area contributed by atoms with E-state index in [4.69, 9.17) is 13.9 Å². The van der Waals surface area contributed by atoms with Gasteiger partial charge in [0.25, 0.3) is 0 Å². The molecule has 2 aromatic rings. The number of aliphatic hydroxyl groups excluding tert-OH is 1. The number of hydrogen-bond acceptors (Lipinski definition) is 4. The molecule has 4 nitrogen and oxygen atoms in total. The number of rotatable bonds is 4. The highest BCUT2D eigenvalue weighted by atomic mass is 16.5. The Hall–Kier alpha value is -1.94. The molecule has 0 bridgehead atoms. The molecule has 2 rings (SSSR count). The van der Waals surface area contributed by atoms with Crippen molar-refractivity contribution in [1.82, 2.24) is 0 Å². The molecule has 1 aromatic carbocycles. The summed E-state index contributed by atoms with van der Waals surface area (Å²) in [5.41, 5.74) is 1.47. The molecule has 0 amide bonds. The van der Waals surface area contributed by atoms with Crippen LogP contribution in [0.5, 0.6) is 11.5 Å². The van der Waals surface area contributed by atoms with Crippen molar-refractivity contribution in [2.75, 3.05) is 14.2 Å². The molecule has 1 aromatic heterocycles. The molecule has 102 valence electrons. The zero-order valence-electron chi connectivity index (χ0n) is 11.6. The Morgan fingerprint density at radius 1 is 1.00 bits per heavy atom. The molecule has 1 atom stereocenters. The lowest BCUT2D eigenvalue weighted by molar-refractivity contribution is 0.217. The summed E-state index contributed by atoms with van der Waals surface area (Å²) >= 11 is 0. The smallest absolute Gasteiger partial charge is 0.122 e. The van der Waals surface area contributed by atoms with Crippen molar-refractivity contribution in [1.29, 1.82) is 0 Å². The molecule has 0 saturated heterocycles. The normalized spacial score (nSPS) is 12.3. The van der Waals surface area contributed by atoms with Gasteiger partial charge in [-0.25, -0.2) is 0 Å². The SMILES string of the molecule is COc1cc(OC)cc(C(O)c2cc(C)oc2C)c1. The van der Waals surface area contributed by atoms with E-state index in [0.29, 0.717) is 22.8 Å². The first-order valence-electron chi connectivity index (χ1n) is 6.03. The van der Waals surface area contributed by atoms with E-state index >= 15 is 0 Å². The molecule has 0 aliphatic heterocycles. The maximum Gasteiger partial charge on any atom is 0.122 e. The van der Waals surface area contributed by atoms with Gasteiger partial charge in [0.1, 0.15) is 29.1 Å². The summed E-state index contributed by atoms with van der Waals surface area (Å²) in [7, 11) is 3.16. The largest absolute Gasteiger partial charge is 0.497 e. The second-order valence-corrected chi connectivity index (χ2v) is 4.42. The second kappa shape index (κ2) is 5.36. The third kappa shape index (κ3) is 2.74. The molecule has 4 heteroatoms. The molecule has 0 aliphatic carbocycles. The van der Waals surface area contributed by atoms with Crippen molar-refractivity contribution in [3.05, 3.63) is 46.9 Å². The first-order chi connectivity index (χ1) is 9.05. The molecular weight excluding hydrogens is 244 g/mol. The van der Waals surface area contributed by atoms with E-state index in [1.165, 1.54) is 0 Å². The number of hydrogen-bond donors (Lipinski definition) is 1. The maximum atomic E-state index is 10.5. The van der Waals surface area contributed by atoms with Crippen molar-refractivity contribution in [2.24, 2.45) is 0 Å². The van der Waals surface area contributed by atoms with Crippen LogP contribution in [-0.2, 0) is 0 Å². The van der Waals surface area contributed by atoms with Crippen molar-refractivity contribution < 1.29 is 19.0 Å². The van der Waals surface area contributed by atoms with Crippen LogP contribution in [0.2, 0.25) is 0 Å². The molecule has 0 radical (unpaired) electrons. The summed E-state index contributed by atoms with van der Waals surface area (Å²) in [4.78, 5) is 0. The van der Waals surface area contributed by atoms with E-state index in [2.05, 4.69) is 0 Å². The molecule has 0 fully saturated rings. The highest BCUT2D eigenvalue weighted by molar-refractivity contribution is 5.42. The summed E-state index contributed by atoms with van der Waals surface area (Å²) < 4.78 is 15.9. The minimum Gasteiger partial charge on any atom is -0.497 e. The summed E-state index contributed by atoms with van der Waals surface area (Å²) in [6.45, 7) is 3.69. The van der Waals surface area contributed by atoms with Crippen LogP contribution < -0.4 is 9.47 Å². The predicted octanol–water partition coefficient (Wildman–Crippen LogP) is 3.00. The Balaban J connectivity index is 2.43. The molecule has 1 heterocycles. The standard InChI is InChI=1S/C15H18O4/c1-9-5-14(10(2)19-9)15(16)11-6-12(17-3)8-13(7-11)18-4/h5-8,15-16H,1-4H3. The van der Waals surface area contributed by atoms with Gasteiger partial charge in [0.15, 0.2) is 0 Å². The molecule has 0 spiro atoms. The fourth-order valence-corrected chi connectivity index (χ4v) is 2.09. The average Bonchev–Trinajstić information content (AvgIpc) is 2.76. The lowest BCUT2D eigenvalue weighted by atomic mass is 10.0. The molecule has 1 N–H and O–H groups in total. The monoisotopic (exact) mass is 262 g/mol. The molecule has 19 heavy (non-hydrogen) atoms. The van der Waals surface area contributed by atoms with Crippen LogP contribution in [0, 0.1) is 13.8 Å². The van der Waals surface area contributed by atoms with Gasteiger partial charge in [0.2, 0.25) is 0 Å². The molecular formula is C15H18O4. The predicted molar refractivity (Wildman–Crippen MR) is 71.8 cm³/mol. The zero-order chi connectivity index (χ0) is 14.0. The Morgan fingerprint density at radius 2 is 1.58 bits per heavy atom. The quantitative estimate of drug-likeness (QED) is 0.920. The topological polar surface area (TPSA) is 51.8 Å². The minimum atomic E-state index is -0.763. The van der Waals surface area contributed by atoms with Crippen molar-refractivity contribution >= 4 is 0 Å². The van der Waals surface area contributed by atoms with Gasteiger partial charge < -0.3 is 19.0 Å². The van der Waals surface area contributed by atoms with Crippen LogP contribution in [0.4, 0.5) is 0 Å². The average molecular weight is 262 g/mol. The number of aliphatic hydroxyl groups is 1. The van der Waals surface area contributed by atoms with Gasteiger partial charge in [-0.05, 0) is 37.6 Å². The van der Waals surface area contributed by atoms with E-state index in [9.17, 15) is 5.11 Å². The Kier molecular flexibility index (Phi) is 3.81. The summed E-state index contributed by atoms with van der Waals surface area (Å²) in [5, 5.41) is 10.5. The van der Waals surface area contributed by atoms with Gasteiger partial charge in [-0.1, -0.05) is 0 Å². The van der Waals surface area contributed by atoms with Crippen molar-refractivity contribution in [3.63, 3.8) is 0 Å². The van der Waals surface area contributed by atoms with Gasteiger partial charge in [-0.2, -0.15) is 0 Å². The van der Waals surface area contributed by atoms with Crippen LogP contribution in [-0.4, -0.2) is 19.3 Å². The van der Waals surface area contributed by atoms with Crippen LogP contribution in [0.25, 0.3) is 0 Å². The van der Waals surface area contributed by atoms with E-state index in [1.54, 1.807) is 32.4 Å². The third-order valence-corrected chi connectivity index (χ3v) is 3.06. The van der Waals surface area contributed by atoms with Gasteiger partial charge in [-0.3, -0.25) is 0 Å². The van der Waals surface area contributed by atoms with Crippen molar-refractivity contribution in [3.8, 4) is 11.5 Å². The van der Waals surface area contributed by atoms with E-state index < -0.39 is 6.10 Å². The second-order valence-electron chi connectivity index (χ2n) is 4.42. The number of ether oxygens (including phenoxy) is 2. The fraction of sp³-hybridized carbons (Fsp3) is 0.333. The summed E-state index contributed by atoms with van der Waals surface area (Å²) in [5.74, 6) is 2.78. The zero-order valence-corrected chi connectivity index (χ0v) is 11.6. The number of benzene rings is 1. The van der Waals surface area contributed by atoms with Crippen LogP contribution in [0.3, 0.4) is 0 Å². The van der Waals surface area contributed by atoms with Gasteiger partial charge in [-0.15, -0.1) is 0 Å². The van der Waals surface area contributed by atoms with Crippen molar-refractivity contribution in [2.45, 2.75) is 20.0 Å². The number of furan rings is 1. The van der Waals surface area contributed by atoms with Crippen LogP contribution >= 0.6 is 0 Å². The highest BCUT2D eigenvalue weighted by Gasteiger charge is 2.18. The number of methoxy groups -OCH3 is 2. The Labute approximate surface area is 112 Å². The first kappa shape index (κ1) is 13.5. The highest BCUT2D eigenvalue weighted by Crippen LogP contribution is 2.32. The fourth-order valence-electron chi connectivity index (χ4n) is 2.09. The Morgan fingerprint density at radius 3 is 2.00 bits per heavy atom. The van der Waals surface area contributed by atoms with E-state index in [1.807, 2.05) is 19.9 Å². The maximum absolute atomic E-state index is 10.5. The van der Waals surface area contributed by atoms with Crippen LogP contribution in [0.1, 0.15) is 28.8 Å². The van der Waals surface area contributed by atoms with E-state index in [0.717, 1.165) is 11.3 Å². The first-order valence-corrected chi connectivity index (χ1v) is 6.03. The number of aryl methyl sites for hydroxylation is 2.